The summed E-state index contributed by atoms with van der Waals surface area (Å²) in [5.41, 5.74) is 3.57. The second-order valence-corrected chi connectivity index (χ2v) is 4.94. The number of fused-ring (bicyclic) bond motifs is 1. The normalized spacial score (nSPS) is 10.3. The van der Waals surface area contributed by atoms with E-state index in [1.54, 1.807) is 6.07 Å². The van der Waals surface area contributed by atoms with Crippen molar-refractivity contribution in [3.8, 4) is 17.7 Å². The van der Waals surface area contributed by atoms with Gasteiger partial charge in [0.1, 0.15) is 11.8 Å². The van der Waals surface area contributed by atoms with Crippen molar-refractivity contribution in [1.82, 2.24) is 4.98 Å². The number of ether oxygens (including phenoxy) is 1. The Balaban J connectivity index is 2.09. The zero-order valence-corrected chi connectivity index (χ0v) is 11.9. The molecule has 0 atom stereocenters. The van der Waals surface area contributed by atoms with Gasteiger partial charge in [-0.1, -0.05) is 30.3 Å². The summed E-state index contributed by atoms with van der Waals surface area (Å²) in [7, 11) is 0. The molecule has 21 heavy (non-hydrogen) atoms. The van der Waals surface area contributed by atoms with Crippen LogP contribution in [0.15, 0.2) is 48.5 Å². The van der Waals surface area contributed by atoms with Gasteiger partial charge in [-0.2, -0.15) is 5.26 Å². The Morgan fingerprint density at radius 2 is 1.86 bits per heavy atom. The van der Waals surface area contributed by atoms with E-state index in [1.165, 1.54) is 0 Å². The number of aryl methyl sites for hydroxylation is 1. The van der Waals surface area contributed by atoms with Crippen LogP contribution in [0.4, 0.5) is 0 Å². The molecule has 0 aliphatic heterocycles. The minimum Gasteiger partial charge on any atom is -0.439 e. The molecule has 0 saturated carbocycles. The molecule has 0 bridgehead atoms. The van der Waals surface area contributed by atoms with Crippen LogP contribution in [0.3, 0.4) is 0 Å². The maximum Gasteiger partial charge on any atom is 0.221 e. The summed E-state index contributed by atoms with van der Waals surface area (Å²) < 4.78 is 5.88. The fourth-order valence-corrected chi connectivity index (χ4v) is 2.24. The van der Waals surface area contributed by atoms with Gasteiger partial charge in [-0.25, -0.2) is 4.98 Å². The number of hydrogen-bond acceptors (Lipinski definition) is 3. The van der Waals surface area contributed by atoms with Crippen LogP contribution in [0.25, 0.3) is 10.9 Å². The van der Waals surface area contributed by atoms with Gasteiger partial charge in [0.2, 0.25) is 5.88 Å². The van der Waals surface area contributed by atoms with Gasteiger partial charge < -0.3 is 4.74 Å². The monoisotopic (exact) mass is 274 g/mol. The van der Waals surface area contributed by atoms with Crippen LogP contribution in [0, 0.1) is 25.2 Å². The van der Waals surface area contributed by atoms with Gasteiger partial charge in [-0.15, -0.1) is 0 Å². The van der Waals surface area contributed by atoms with Crippen LogP contribution < -0.4 is 4.74 Å². The number of hydrogen-bond donors (Lipinski definition) is 0. The molecule has 1 heterocycles. The van der Waals surface area contributed by atoms with E-state index in [9.17, 15) is 5.26 Å². The Hall–Kier alpha value is -2.86. The Morgan fingerprint density at radius 1 is 1.05 bits per heavy atom. The summed E-state index contributed by atoms with van der Waals surface area (Å²) in [5.74, 6) is 1.21. The summed E-state index contributed by atoms with van der Waals surface area (Å²) >= 11 is 0. The van der Waals surface area contributed by atoms with Crippen molar-refractivity contribution in [2.45, 2.75) is 13.8 Å². The third kappa shape index (κ3) is 2.44. The van der Waals surface area contributed by atoms with Gasteiger partial charge in [0.05, 0.1) is 11.1 Å². The van der Waals surface area contributed by atoms with E-state index in [2.05, 4.69) is 11.1 Å². The summed E-state index contributed by atoms with van der Waals surface area (Å²) in [6.07, 6.45) is 0. The van der Waals surface area contributed by atoms with Gasteiger partial charge in [-0.3, -0.25) is 0 Å². The molecular weight excluding hydrogens is 260 g/mol. The maximum absolute atomic E-state index is 9.29. The van der Waals surface area contributed by atoms with Crippen molar-refractivity contribution in [2.75, 3.05) is 0 Å². The van der Waals surface area contributed by atoms with Gasteiger partial charge >= 0.3 is 0 Å². The average Bonchev–Trinajstić information content (AvgIpc) is 2.51. The molecular formula is C18H14N2O. The number of pyridine rings is 1. The van der Waals surface area contributed by atoms with Crippen LogP contribution in [-0.4, -0.2) is 4.98 Å². The van der Waals surface area contributed by atoms with E-state index in [0.717, 1.165) is 27.8 Å². The standard InChI is InChI=1S/C18H14N2O/c1-12-6-5-9-17(13(12)2)21-18-10-14(11-19)15-7-3-4-8-16(15)20-18/h3-10H,1-2H3. The average molecular weight is 274 g/mol. The Labute approximate surface area is 123 Å². The van der Waals surface area contributed by atoms with E-state index in [-0.39, 0.29) is 0 Å². The van der Waals surface area contributed by atoms with Crippen LogP contribution in [0.1, 0.15) is 16.7 Å². The van der Waals surface area contributed by atoms with E-state index in [1.807, 2.05) is 56.3 Å². The van der Waals surface area contributed by atoms with Gasteiger partial charge in [-0.05, 0) is 37.1 Å². The smallest absolute Gasteiger partial charge is 0.221 e. The molecule has 0 N–H and O–H groups in total. The molecule has 3 rings (SSSR count). The van der Waals surface area contributed by atoms with Crippen molar-refractivity contribution in [1.29, 1.82) is 5.26 Å². The second-order valence-electron chi connectivity index (χ2n) is 4.94. The fourth-order valence-electron chi connectivity index (χ4n) is 2.24. The third-order valence-electron chi connectivity index (χ3n) is 3.58. The fraction of sp³-hybridized carbons (Fsp3) is 0.111. The minimum atomic E-state index is 0.443. The van der Waals surface area contributed by atoms with Gasteiger partial charge in [0.15, 0.2) is 0 Å². The van der Waals surface area contributed by atoms with Crippen molar-refractivity contribution < 1.29 is 4.74 Å². The van der Waals surface area contributed by atoms with Crippen LogP contribution in [0.5, 0.6) is 11.6 Å². The molecule has 0 radical (unpaired) electrons. The lowest BCUT2D eigenvalue weighted by Crippen LogP contribution is -1.94. The molecule has 3 heteroatoms. The first-order chi connectivity index (χ1) is 10.2. The predicted octanol–water partition coefficient (Wildman–Crippen LogP) is 4.52. The number of aromatic nitrogens is 1. The van der Waals surface area contributed by atoms with E-state index in [0.29, 0.717) is 11.4 Å². The molecule has 2 aromatic carbocycles. The highest BCUT2D eigenvalue weighted by molar-refractivity contribution is 5.85. The first kappa shape index (κ1) is 13.1. The lowest BCUT2D eigenvalue weighted by molar-refractivity contribution is 0.461. The Kier molecular flexibility index (Phi) is 3.29. The number of rotatable bonds is 2. The number of benzene rings is 2. The summed E-state index contributed by atoms with van der Waals surface area (Å²) in [6.45, 7) is 4.05. The Bertz CT molecular complexity index is 863. The Morgan fingerprint density at radius 3 is 2.67 bits per heavy atom. The van der Waals surface area contributed by atoms with Crippen molar-refractivity contribution >= 4 is 10.9 Å². The maximum atomic E-state index is 9.29. The summed E-state index contributed by atoms with van der Waals surface area (Å²) in [6, 6.07) is 17.4. The lowest BCUT2D eigenvalue weighted by Gasteiger charge is -2.10. The van der Waals surface area contributed by atoms with Crippen molar-refractivity contribution in [3.63, 3.8) is 0 Å². The topological polar surface area (TPSA) is 45.9 Å². The highest BCUT2D eigenvalue weighted by Crippen LogP contribution is 2.28. The second kappa shape index (κ2) is 5.26. The highest BCUT2D eigenvalue weighted by atomic mass is 16.5. The minimum absolute atomic E-state index is 0.443. The summed E-state index contributed by atoms with van der Waals surface area (Å²) in [4.78, 5) is 4.48. The molecule has 102 valence electrons. The zero-order chi connectivity index (χ0) is 14.8. The molecule has 0 spiro atoms. The molecule has 0 fully saturated rings. The van der Waals surface area contributed by atoms with Crippen molar-refractivity contribution in [2.24, 2.45) is 0 Å². The quantitative estimate of drug-likeness (QED) is 0.690. The predicted molar refractivity (Wildman–Crippen MR) is 82.4 cm³/mol. The molecule has 1 aromatic heterocycles. The number of para-hydroxylation sites is 1. The largest absolute Gasteiger partial charge is 0.439 e. The van der Waals surface area contributed by atoms with E-state index >= 15 is 0 Å². The SMILES string of the molecule is Cc1cccc(Oc2cc(C#N)c3ccccc3n2)c1C. The zero-order valence-electron chi connectivity index (χ0n) is 11.9. The van der Waals surface area contributed by atoms with Crippen molar-refractivity contribution in [3.05, 3.63) is 65.2 Å². The molecule has 0 unspecified atom stereocenters. The third-order valence-corrected chi connectivity index (χ3v) is 3.58. The number of nitriles is 1. The first-order valence-corrected chi connectivity index (χ1v) is 6.73. The first-order valence-electron chi connectivity index (χ1n) is 6.73. The molecule has 0 saturated heterocycles. The molecule has 0 aliphatic carbocycles. The van der Waals surface area contributed by atoms with E-state index < -0.39 is 0 Å². The van der Waals surface area contributed by atoms with E-state index in [4.69, 9.17) is 4.74 Å². The highest BCUT2D eigenvalue weighted by Gasteiger charge is 2.08. The lowest BCUT2D eigenvalue weighted by atomic mass is 10.1. The molecule has 0 aliphatic rings. The van der Waals surface area contributed by atoms with Crippen LogP contribution in [-0.2, 0) is 0 Å². The van der Waals surface area contributed by atoms with Gasteiger partial charge in [0.25, 0.3) is 0 Å². The molecule has 0 amide bonds. The molecule has 3 nitrogen and oxygen atoms in total. The van der Waals surface area contributed by atoms with Crippen LogP contribution >= 0.6 is 0 Å². The van der Waals surface area contributed by atoms with Crippen LogP contribution in [0.2, 0.25) is 0 Å². The molecule has 3 aromatic rings. The summed E-state index contributed by atoms with van der Waals surface area (Å²) in [5, 5.41) is 10.1. The number of nitrogens with zero attached hydrogens (tertiary/aromatic N) is 2. The van der Waals surface area contributed by atoms with Gasteiger partial charge in [0, 0.05) is 11.5 Å².